The molecule has 0 saturated carbocycles. The van der Waals surface area contributed by atoms with E-state index in [1.54, 1.807) is 14.2 Å². The molecule has 1 aromatic rings. The number of sulfonamides is 1. The highest BCUT2D eigenvalue weighted by molar-refractivity contribution is 7.89. The minimum atomic E-state index is -3.55. The molecule has 2 heterocycles. The molecule has 1 aromatic heterocycles. The van der Waals surface area contributed by atoms with Gasteiger partial charge in [-0.2, -0.15) is 9.40 Å². The van der Waals surface area contributed by atoms with Gasteiger partial charge in [0.05, 0.1) is 12.8 Å². The van der Waals surface area contributed by atoms with E-state index in [0.29, 0.717) is 19.7 Å². The molecule has 1 aliphatic heterocycles. The summed E-state index contributed by atoms with van der Waals surface area (Å²) in [5, 5.41) is 13.5. The van der Waals surface area contributed by atoms with Crippen molar-refractivity contribution in [3.63, 3.8) is 0 Å². The number of hydrogen-bond donors (Lipinski definition) is 1. The zero-order chi connectivity index (χ0) is 17.0. The van der Waals surface area contributed by atoms with Crippen molar-refractivity contribution in [3.8, 4) is 0 Å². The van der Waals surface area contributed by atoms with E-state index in [9.17, 15) is 13.5 Å². The van der Waals surface area contributed by atoms with Crippen LogP contribution in [0.1, 0.15) is 0 Å². The zero-order valence-corrected chi connectivity index (χ0v) is 14.7. The molecular formula is C14H26N4O4S. The lowest BCUT2D eigenvalue weighted by Crippen LogP contribution is -2.33. The summed E-state index contributed by atoms with van der Waals surface area (Å²) >= 11 is 0. The lowest BCUT2D eigenvalue weighted by Gasteiger charge is -2.23. The molecule has 1 N–H and O–H groups in total. The number of aliphatic hydroxyl groups excluding tert-OH is 1. The molecule has 8 nitrogen and oxygen atoms in total. The first-order chi connectivity index (χ1) is 10.9. The van der Waals surface area contributed by atoms with Crippen molar-refractivity contribution < 1.29 is 18.3 Å². The second-order valence-electron chi connectivity index (χ2n) is 6.13. The van der Waals surface area contributed by atoms with E-state index in [4.69, 9.17) is 4.74 Å². The van der Waals surface area contributed by atoms with Crippen LogP contribution in [0.15, 0.2) is 17.3 Å². The molecule has 9 heteroatoms. The summed E-state index contributed by atoms with van der Waals surface area (Å²) < 4.78 is 33.3. The van der Waals surface area contributed by atoms with Crippen LogP contribution in [-0.2, 0) is 21.8 Å². The minimum Gasteiger partial charge on any atom is -0.396 e. The molecule has 0 aromatic carbocycles. The Hall–Kier alpha value is -1.00. The number of hydrogen-bond acceptors (Lipinski definition) is 6. The highest BCUT2D eigenvalue weighted by Gasteiger charge is 2.39. The van der Waals surface area contributed by atoms with Crippen LogP contribution in [0, 0.1) is 11.8 Å². The van der Waals surface area contributed by atoms with E-state index in [0.717, 1.165) is 13.1 Å². The summed E-state index contributed by atoms with van der Waals surface area (Å²) in [7, 11) is 1.77. The van der Waals surface area contributed by atoms with E-state index in [1.165, 1.54) is 21.4 Å². The Labute approximate surface area is 137 Å². The Bertz CT molecular complexity index is 604. The van der Waals surface area contributed by atoms with E-state index < -0.39 is 10.0 Å². The Morgan fingerprint density at radius 3 is 2.70 bits per heavy atom. The molecule has 0 unspecified atom stereocenters. The van der Waals surface area contributed by atoms with Crippen LogP contribution in [0.5, 0.6) is 0 Å². The number of aliphatic hydroxyl groups is 1. The van der Waals surface area contributed by atoms with Crippen molar-refractivity contribution in [2.24, 2.45) is 18.9 Å². The number of methoxy groups -OCH3 is 1. The Kier molecular flexibility index (Phi) is 6.15. The summed E-state index contributed by atoms with van der Waals surface area (Å²) in [5.74, 6) is 0.0553. The molecule has 2 rings (SSSR count). The second kappa shape index (κ2) is 7.71. The molecular weight excluding hydrogens is 320 g/mol. The third-order valence-electron chi connectivity index (χ3n) is 4.32. The highest BCUT2D eigenvalue weighted by atomic mass is 32.2. The van der Waals surface area contributed by atoms with Crippen LogP contribution >= 0.6 is 0 Å². The molecule has 1 fully saturated rings. The van der Waals surface area contributed by atoms with Gasteiger partial charge in [0.1, 0.15) is 4.90 Å². The maximum absolute atomic E-state index is 12.7. The Balaban J connectivity index is 2.06. The monoisotopic (exact) mass is 346 g/mol. The summed E-state index contributed by atoms with van der Waals surface area (Å²) in [6.07, 6.45) is 2.86. The Morgan fingerprint density at radius 2 is 2.13 bits per heavy atom. The fourth-order valence-electron chi connectivity index (χ4n) is 2.93. The van der Waals surface area contributed by atoms with Crippen molar-refractivity contribution in [2.75, 3.05) is 53.6 Å². The molecule has 2 atom stereocenters. The number of aryl methyl sites for hydroxylation is 1. The van der Waals surface area contributed by atoms with E-state index in [2.05, 4.69) is 10.00 Å². The van der Waals surface area contributed by atoms with Crippen LogP contribution in [0.3, 0.4) is 0 Å². The maximum atomic E-state index is 12.7. The van der Waals surface area contributed by atoms with Gasteiger partial charge in [-0.1, -0.05) is 0 Å². The molecule has 0 amide bonds. The molecule has 1 aliphatic rings. The predicted molar refractivity (Wildman–Crippen MR) is 85.4 cm³/mol. The summed E-state index contributed by atoms with van der Waals surface area (Å²) in [6.45, 7) is 2.89. The summed E-state index contributed by atoms with van der Waals surface area (Å²) in [4.78, 5) is 2.31. The number of ether oxygens (including phenoxy) is 1. The molecule has 0 bridgehead atoms. The van der Waals surface area contributed by atoms with Gasteiger partial charge in [0.15, 0.2) is 0 Å². The van der Waals surface area contributed by atoms with Gasteiger partial charge in [0, 0.05) is 59.1 Å². The summed E-state index contributed by atoms with van der Waals surface area (Å²) in [5.41, 5.74) is 0. The van der Waals surface area contributed by atoms with Gasteiger partial charge < -0.3 is 14.7 Å². The Morgan fingerprint density at radius 1 is 1.43 bits per heavy atom. The summed E-state index contributed by atoms with van der Waals surface area (Å²) in [6, 6.07) is 0. The zero-order valence-electron chi connectivity index (χ0n) is 13.9. The van der Waals surface area contributed by atoms with Crippen molar-refractivity contribution in [1.82, 2.24) is 19.0 Å². The average Bonchev–Trinajstić information content (AvgIpc) is 3.12. The van der Waals surface area contributed by atoms with Crippen LogP contribution < -0.4 is 0 Å². The molecule has 1 saturated heterocycles. The first-order valence-corrected chi connectivity index (χ1v) is 9.09. The van der Waals surface area contributed by atoms with Crippen molar-refractivity contribution in [2.45, 2.75) is 4.90 Å². The SMILES string of the molecule is COCCN(C)C[C@@H]1CN(S(=O)(=O)c2cnn(C)c2)C[C@@H]1CO. The standard InChI is InChI=1S/C14H26N4O4S/c1-16(4-5-22-3)7-12-8-18(9-13(12)11-19)23(20,21)14-6-15-17(2)10-14/h6,10,12-13,19H,4-5,7-9,11H2,1-3H3/t12-,13-/m1/s1. The maximum Gasteiger partial charge on any atom is 0.246 e. The van der Waals surface area contributed by atoms with Gasteiger partial charge in [-0.25, -0.2) is 8.42 Å². The quantitative estimate of drug-likeness (QED) is 0.665. The number of nitrogens with zero attached hydrogens (tertiary/aromatic N) is 4. The molecule has 23 heavy (non-hydrogen) atoms. The van der Waals surface area contributed by atoms with E-state index >= 15 is 0 Å². The largest absolute Gasteiger partial charge is 0.396 e. The van der Waals surface area contributed by atoms with Gasteiger partial charge in [0.2, 0.25) is 10.0 Å². The van der Waals surface area contributed by atoms with E-state index in [-0.39, 0.29) is 23.3 Å². The third-order valence-corrected chi connectivity index (χ3v) is 6.10. The van der Waals surface area contributed by atoms with Gasteiger partial charge in [-0.15, -0.1) is 0 Å². The first-order valence-electron chi connectivity index (χ1n) is 7.65. The van der Waals surface area contributed by atoms with Gasteiger partial charge >= 0.3 is 0 Å². The average molecular weight is 346 g/mol. The molecule has 0 spiro atoms. The van der Waals surface area contributed by atoms with Gasteiger partial charge in [0.25, 0.3) is 0 Å². The minimum absolute atomic E-state index is 0.0121. The first kappa shape index (κ1) is 18.3. The molecule has 132 valence electrons. The van der Waals surface area contributed by atoms with Gasteiger partial charge in [-0.05, 0) is 13.0 Å². The van der Waals surface area contributed by atoms with Crippen molar-refractivity contribution in [3.05, 3.63) is 12.4 Å². The second-order valence-corrected chi connectivity index (χ2v) is 8.07. The van der Waals surface area contributed by atoms with Crippen molar-refractivity contribution >= 4 is 10.0 Å². The van der Waals surface area contributed by atoms with Crippen LogP contribution in [0.4, 0.5) is 0 Å². The van der Waals surface area contributed by atoms with Crippen molar-refractivity contribution in [1.29, 1.82) is 0 Å². The van der Waals surface area contributed by atoms with Crippen LogP contribution in [-0.4, -0.2) is 86.1 Å². The molecule has 0 radical (unpaired) electrons. The molecule has 0 aliphatic carbocycles. The lowest BCUT2D eigenvalue weighted by atomic mass is 9.96. The van der Waals surface area contributed by atoms with Crippen LogP contribution in [0.2, 0.25) is 0 Å². The van der Waals surface area contributed by atoms with E-state index in [1.807, 2.05) is 7.05 Å². The topological polar surface area (TPSA) is 87.9 Å². The van der Waals surface area contributed by atoms with Gasteiger partial charge in [-0.3, -0.25) is 4.68 Å². The number of aromatic nitrogens is 2. The highest BCUT2D eigenvalue weighted by Crippen LogP contribution is 2.28. The van der Waals surface area contributed by atoms with Crippen LogP contribution in [0.25, 0.3) is 0 Å². The third kappa shape index (κ3) is 4.30. The predicted octanol–water partition coefficient (Wildman–Crippen LogP) is -0.773. The number of rotatable bonds is 8. The smallest absolute Gasteiger partial charge is 0.246 e. The normalized spacial score (nSPS) is 23.0. The fourth-order valence-corrected chi connectivity index (χ4v) is 4.47. The number of likely N-dealkylation sites (N-methyl/N-ethyl adjacent to an activating group) is 1. The fraction of sp³-hybridized carbons (Fsp3) is 0.786. The lowest BCUT2D eigenvalue weighted by molar-refractivity contribution is 0.136.